The molecule has 1 aromatic rings. The van der Waals surface area contributed by atoms with Crippen LogP contribution in [-0.4, -0.2) is 23.3 Å². The second-order valence-corrected chi connectivity index (χ2v) is 6.82. The second-order valence-electron chi connectivity index (χ2n) is 6.82. The van der Waals surface area contributed by atoms with Crippen LogP contribution in [0.15, 0.2) is 18.2 Å². The van der Waals surface area contributed by atoms with E-state index in [2.05, 4.69) is 20.8 Å². The fraction of sp³-hybridized carbons (Fsp3) is 0.500. The van der Waals surface area contributed by atoms with E-state index in [1.54, 1.807) is 18.2 Å². The smallest absolute Gasteiger partial charge is 0.248 e. The van der Waals surface area contributed by atoms with Gasteiger partial charge in [-0.05, 0) is 29.0 Å². The Morgan fingerprint density at radius 2 is 2.05 bits per heavy atom. The van der Waals surface area contributed by atoms with Crippen LogP contribution in [0.25, 0.3) is 0 Å². The third-order valence-corrected chi connectivity index (χ3v) is 4.23. The zero-order valence-electron chi connectivity index (χ0n) is 12.8. The van der Waals surface area contributed by atoms with E-state index in [9.17, 15) is 9.59 Å². The summed E-state index contributed by atoms with van der Waals surface area (Å²) in [5.41, 5.74) is 13.0. The van der Waals surface area contributed by atoms with Crippen LogP contribution in [0.5, 0.6) is 0 Å². The average Bonchev–Trinajstić information content (AvgIpc) is 2.73. The van der Waals surface area contributed by atoms with Crippen molar-refractivity contribution in [2.75, 3.05) is 12.3 Å². The zero-order valence-corrected chi connectivity index (χ0v) is 12.8. The van der Waals surface area contributed by atoms with Crippen LogP contribution in [0.3, 0.4) is 0 Å². The quantitative estimate of drug-likeness (QED) is 0.831. The number of anilines is 1. The van der Waals surface area contributed by atoms with Gasteiger partial charge in [0.2, 0.25) is 11.8 Å². The van der Waals surface area contributed by atoms with Crippen molar-refractivity contribution in [3.63, 3.8) is 0 Å². The number of nitrogens with two attached hydrogens (primary N) is 2. The van der Waals surface area contributed by atoms with Gasteiger partial charge in [-0.2, -0.15) is 0 Å². The van der Waals surface area contributed by atoms with E-state index in [0.717, 1.165) is 12.1 Å². The molecule has 1 heterocycles. The molecule has 0 aromatic heterocycles. The summed E-state index contributed by atoms with van der Waals surface area (Å²) in [5.74, 6) is 0.0164. The summed E-state index contributed by atoms with van der Waals surface area (Å²) in [7, 11) is 0. The van der Waals surface area contributed by atoms with Crippen LogP contribution in [0.4, 0.5) is 5.69 Å². The Kier molecular flexibility index (Phi) is 3.94. The lowest BCUT2D eigenvalue weighted by atomic mass is 9.80. The number of hydrogen-bond acceptors (Lipinski definition) is 3. The number of nitrogens with zero attached hydrogens (tertiary/aromatic N) is 1. The normalized spacial score (nSPS) is 19.1. The molecular weight excluding hydrogens is 266 g/mol. The fourth-order valence-electron chi connectivity index (χ4n) is 2.60. The number of carbonyl (C=O) groups excluding carboxylic acids is 2. The number of primary amides is 1. The van der Waals surface area contributed by atoms with Crippen LogP contribution < -0.4 is 11.5 Å². The molecule has 5 heteroatoms. The molecule has 0 aliphatic carbocycles. The summed E-state index contributed by atoms with van der Waals surface area (Å²) in [6.45, 7) is 7.70. The Balaban J connectivity index is 2.12. The number of carbonyl (C=O) groups is 2. The van der Waals surface area contributed by atoms with Crippen molar-refractivity contribution in [3.8, 4) is 0 Å². The highest BCUT2D eigenvalue weighted by molar-refractivity contribution is 5.93. The molecule has 2 rings (SSSR count). The van der Waals surface area contributed by atoms with Gasteiger partial charge in [0.25, 0.3) is 0 Å². The summed E-state index contributed by atoms with van der Waals surface area (Å²) in [6.07, 6.45) is 0.586. The summed E-state index contributed by atoms with van der Waals surface area (Å²) >= 11 is 0. The third-order valence-electron chi connectivity index (χ3n) is 4.23. The van der Waals surface area contributed by atoms with Crippen molar-refractivity contribution in [3.05, 3.63) is 29.3 Å². The van der Waals surface area contributed by atoms with Gasteiger partial charge in [0.1, 0.15) is 0 Å². The topological polar surface area (TPSA) is 89.4 Å². The minimum Gasteiger partial charge on any atom is -0.398 e. The van der Waals surface area contributed by atoms with Gasteiger partial charge in [-0.15, -0.1) is 0 Å². The lowest BCUT2D eigenvalue weighted by Gasteiger charge is -2.26. The summed E-state index contributed by atoms with van der Waals surface area (Å²) < 4.78 is 0. The molecule has 114 valence electrons. The lowest BCUT2D eigenvalue weighted by Crippen LogP contribution is -2.27. The summed E-state index contributed by atoms with van der Waals surface area (Å²) in [5, 5.41) is 0. The standard InChI is InChI=1S/C16H23N3O2/c1-16(2,3)12-7-14(20)19(9-12)8-11-5-4-10(15(18)21)6-13(11)17/h4-6,12H,7-9,17H2,1-3H3,(H2,18,21). The van der Waals surface area contributed by atoms with Gasteiger partial charge in [0, 0.05) is 30.8 Å². The van der Waals surface area contributed by atoms with Gasteiger partial charge < -0.3 is 16.4 Å². The first-order chi connectivity index (χ1) is 9.68. The molecule has 1 unspecified atom stereocenters. The molecule has 5 nitrogen and oxygen atoms in total. The number of amides is 2. The Morgan fingerprint density at radius 3 is 2.52 bits per heavy atom. The van der Waals surface area contributed by atoms with Crippen LogP contribution in [-0.2, 0) is 11.3 Å². The molecular formula is C16H23N3O2. The SMILES string of the molecule is CC(C)(C)C1CC(=O)N(Cc2ccc(C(N)=O)cc2N)C1. The van der Waals surface area contributed by atoms with Gasteiger partial charge in [-0.1, -0.05) is 26.8 Å². The Bertz CT molecular complexity index is 575. The van der Waals surface area contributed by atoms with Crippen molar-refractivity contribution in [1.82, 2.24) is 4.90 Å². The van der Waals surface area contributed by atoms with E-state index in [1.807, 2.05) is 4.90 Å². The average molecular weight is 289 g/mol. The number of rotatable bonds is 3. The van der Waals surface area contributed by atoms with Gasteiger partial charge in [0.15, 0.2) is 0 Å². The first-order valence-corrected chi connectivity index (χ1v) is 7.14. The predicted octanol–water partition coefficient (Wildman–Crippen LogP) is 1.76. The maximum absolute atomic E-state index is 12.1. The Hall–Kier alpha value is -2.04. The Morgan fingerprint density at radius 1 is 1.38 bits per heavy atom. The van der Waals surface area contributed by atoms with Gasteiger partial charge in [-0.3, -0.25) is 9.59 Å². The van der Waals surface area contributed by atoms with E-state index in [1.165, 1.54) is 0 Å². The van der Waals surface area contributed by atoms with Crippen molar-refractivity contribution in [2.45, 2.75) is 33.7 Å². The summed E-state index contributed by atoms with van der Waals surface area (Å²) in [6, 6.07) is 4.99. The first kappa shape index (κ1) is 15.4. The fourth-order valence-corrected chi connectivity index (χ4v) is 2.60. The second kappa shape index (κ2) is 5.39. The molecule has 0 spiro atoms. The number of likely N-dealkylation sites (tertiary alicyclic amines) is 1. The summed E-state index contributed by atoms with van der Waals surface area (Å²) in [4.78, 5) is 25.1. The molecule has 21 heavy (non-hydrogen) atoms. The minimum atomic E-state index is -0.502. The molecule has 1 fully saturated rings. The van der Waals surface area contributed by atoms with Crippen LogP contribution in [0, 0.1) is 11.3 Å². The van der Waals surface area contributed by atoms with Gasteiger partial charge >= 0.3 is 0 Å². The molecule has 1 saturated heterocycles. The molecule has 0 saturated carbocycles. The van der Waals surface area contributed by atoms with E-state index in [4.69, 9.17) is 11.5 Å². The van der Waals surface area contributed by atoms with E-state index < -0.39 is 5.91 Å². The largest absolute Gasteiger partial charge is 0.398 e. The molecule has 4 N–H and O–H groups in total. The van der Waals surface area contributed by atoms with E-state index in [0.29, 0.717) is 30.1 Å². The van der Waals surface area contributed by atoms with Crippen molar-refractivity contribution in [2.24, 2.45) is 17.1 Å². The van der Waals surface area contributed by atoms with Gasteiger partial charge in [0.05, 0.1) is 0 Å². The third kappa shape index (κ3) is 3.35. The van der Waals surface area contributed by atoms with Crippen molar-refractivity contribution >= 4 is 17.5 Å². The van der Waals surface area contributed by atoms with Crippen molar-refractivity contribution < 1.29 is 9.59 Å². The highest BCUT2D eigenvalue weighted by Crippen LogP contribution is 2.35. The highest BCUT2D eigenvalue weighted by Gasteiger charge is 2.36. The molecule has 1 aromatic carbocycles. The number of hydrogen-bond donors (Lipinski definition) is 2. The highest BCUT2D eigenvalue weighted by atomic mass is 16.2. The lowest BCUT2D eigenvalue weighted by molar-refractivity contribution is -0.128. The molecule has 1 aliphatic rings. The van der Waals surface area contributed by atoms with E-state index in [-0.39, 0.29) is 11.3 Å². The maximum Gasteiger partial charge on any atom is 0.248 e. The van der Waals surface area contributed by atoms with Crippen LogP contribution in [0.2, 0.25) is 0 Å². The molecule has 0 radical (unpaired) electrons. The predicted molar refractivity (Wildman–Crippen MR) is 82.4 cm³/mol. The van der Waals surface area contributed by atoms with Crippen LogP contribution in [0.1, 0.15) is 43.1 Å². The van der Waals surface area contributed by atoms with E-state index >= 15 is 0 Å². The number of nitrogen functional groups attached to an aromatic ring is 1. The molecule has 0 bridgehead atoms. The molecule has 1 atom stereocenters. The minimum absolute atomic E-state index is 0.117. The van der Waals surface area contributed by atoms with Crippen LogP contribution >= 0.6 is 0 Å². The first-order valence-electron chi connectivity index (χ1n) is 7.14. The molecule has 1 aliphatic heterocycles. The maximum atomic E-state index is 12.1. The van der Waals surface area contributed by atoms with Gasteiger partial charge in [-0.25, -0.2) is 0 Å². The van der Waals surface area contributed by atoms with Crippen molar-refractivity contribution in [1.29, 1.82) is 0 Å². The number of benzene rings is 1. The molecule has 2 amide bonds. The monoisotopic (exact) mass is 289 g/mol. The zero-order chi connectivity index (χ0) is 15.8. The Labute approximate surface area is 125 Å².